The van der Waals surface area contributed by atoms with Crippen LogP contribution in [0.3, 0.4) is 0 Å². The predicted molar refractivity (Wildman–Crippen MR) is 110 cm³/mol. The van der Waals surface area contributed by atoms with Crippen molar-refractivity contribution in [1.82, 2.24) is 9.55 Å². The summed E-state index contributed by atoms with van der Waals surface area (Å²) >= 11 is 0. The summed E-state index contributed by atoms with van der Waals surface area (Å²) in [6.45, 7) is 0.674. The standard InChI is InChI=1S/C22H15FN2.BrH/c23-17-11-9-15(10-12-17)14-25-21-8-4-1-5-16(21)13-20-22(25)18-6-2-3-7-19(18)24-20;/h1-13H,14H2;1H. The second-order valence-electron chi connectivity index (χ2n) is 6.28. The molecule has 0 saturated carbocycles. The van der Waals surface area contributed by atoms with E-state index in [0.29, 0.717) is 6.54 Å². The first-order valence-corrected chi connectivity index (χ1v) is 8.31. The molecule has 0 aliphatic carbocycles. The number of para-hydroxylation sites is 2. The lowest BCUT2D eigenvalue weighted by molar-refractivity contribution is 0.626. The highest BCUT2D eigenvalue weighted by molar-refractivity contribution is 8.93. The lowest BCUT2D eigenvalue weighted by atomic mass is 10.1. The number of nitrogens with zero attached hydrogens (tertiary/aromatic N) is 2. The number of benzene rings is 3. The molecule has 2 aliphatic heterocycles. The molecule has 0 fully saturated rings. The summed E-state index contributed by atoms with van der Waals surface area (Å²) in [5, 5.41) is 2.30. The first kappa shape index (κ1) is 16.7. The van der Waals surface area contributed by atoms with Gasteiger partial charge in [-0.3, -0.25) is 0 Å². The fourth-order valence-electron chi connectivity index (χ4n) is 3.54. The van der Waals surface area contributed by atoms with Gasteiger partial charge in [0.15, 0.2) is 0 Å². The van der Waals surface area contributed by atoms with Crippen LogP contribution in [0.25, 0.3) is 33.2 Å². The van der Waals surface area contributed by atoms with Crippen molar-refractivity contribution in [2.45, 2.75) is 6.54 Å². The summed E-state index contributed by atoms with van der Waals surface area (Å²) < 4.78 is 15.6. The normalized spacial score (nSPS) is 11.1. The second-order valence-corrected chi connectivity index (χ2v) is 6.28. The largest absolute Gasteiger partial charge is 0.334 e. The highest BCUT2D eigenvalue weighted by Gasteiger charge is 2.18. The van der Waals surface area contributed by atoms with Crippen molar-refractivity contribution < 1.29 is 4.39 Å². The maximum absolute atomic E-state index is 13.3. The van der Waals surface area contributed by atoms with Crippen LogP contribution in [-0.2, 0) is 6.54 Å². The third-order valence-electron chi connectivity index (χ3n) is 4.69. The summed E-state index contributed by atoms with van der Waals surface area (Å²) in [5.74, 6) is -0.211. The topological polar surface area (TPSA) is 17.8 Å². The van der Waals surface area contributed by atoms with E-state index in [1.54, 1.807) is 0 Å². The zero-order valence-corrected chi connectivity index (χ0v) is 15.6. The summed E-state index contributed by atoms with van der Waals surface area (Å²) in [6.07, 6.45) is 0. The van der Waals surface area contributed by atoms with Gasteiger partial charge in [0.1, 0.15) is 5.82 Å². The minimum Gasteiger partial charge on any atom is -0.334 e. The van der Waals surface area contributed by atoms with Crippen LogP contribution in [0.1, 0.15) is 5.56 Å². The van der Waals surface area contributed by atoms with Crippen LogP contribution in [0.15, 0.2) is 78.9 Å². The molecule has 0 amide bonds. The third-order valence-corrected chi connectivity index (χ3v) is 4.69. The van der Waals surface area contributed by atoms with Crippen molar-refractivity contribution in [2.75, 3.05) is 0 Å². The van der Waals surface area contributed by atoms with Gasteiger partial charge in [0.2, 0.25) is 0 Å². The van der Waals surface area contributed by atoms with E-state index in [4.69, 9.17) is 4.98 Å². The minimum absolute atomic E-state index is 0. The summed E-state index contributed by atoms with van der Waals surface area (Å²) in [5.41, 5.74) is 5.33. The molecular weight excluding hydrogens is 391 g/mol. The Kier molecular flexibility index (Phi) is 4.21. The maximum Gasteiger partial charge on any atom is 0.123 e. The van der Waals surface area contributed by atoms with Gasteiger partial charge in [-0.05, 0) is 35.9 Å². The molecule has 128 valence electrons. The molecule has 2 heterocycles. The SMILES string of the molecule is Br.Fc1ccc(Cn2c3c4ccccc4nc-3cc3ccccc32)cc1. The molecular formula is C22H16BrFN2. The number of fused-ring (bicyclic) bond motifs is 4. The van der Waals surface area contributed by atoms with Crippen LogP contribution in [0.5, 0.6) is 0 Å². The average molecular weight is 407 g/mol. The van der Waals surface area contributed by atoms with E-state index >= 15 is 0 Å². The van der Waals surface area contributed by atoms with E-state index in [-0.39, 0.29) is 22.8 Å². The number of halogens is 2. The molecule has 0 radical (unpaired) electrons. The Morgan fingerprint density at radius 2 is 1.58 bits per heavy atom. The Labute approximate surface area is 161 Å². The lowest BCUT2D eigenvalue weighted by Crippen LogP contribution is -2.06. The number of rotatable bonds is 2. The van der Waals surface area contributed by atoms with Crippen LogP contribution in [0.2, 0.25) is 0 Å². The Hall–Kier alpha value is -2.72. The second kappa shape index (κ2) is 6.54. The Balaban J connectivity index is 0.00000168. The number of pyridine rings is 1. The molecule has 0 N–H and O–H groups in total. The van der Waals surface area contributed by atoms with E-state index in [9.17, 15) is 4.39 Å². The number of hydrogen-bond acceptors (Lipinski definition) is 1. The molecule has 3 aromatic carbocycles. The van der Waals surface area contributed by atoms with E-state index in [0.717, 1.165) is 38.8 Å². The quantitative estimate of drug-likeness (QED) is 0.348. The van der Waals surface area contributed by atoms with Gasteiger partial charge in [-0.2, -0.15) is 0 Å². The van der Waals surface area contributed by atoms with Crippen molar-refractivity contribution in [3.63, 3.8) is 0 Å². The zero-order chi connectivity index (χ0) is 16.8. The first-order chi connectivity index (χ1) is 12.3. The van der Waals surface area contributed by atoms with E-state index < -0.39 is 0 Å². The molecule has 5 rings (SSSR count). The van der Waals surface area contributed by atoms with E-state index in [1.807, 2.05) is 42.5 Å². The molecule has 0 atom stereocenters. The maximum atomic E-state index is 13.3. The Bertz CT molecular complexity index is 1180. The molecule has 0 spiro atoms. The molecule has 4 heteroatoms. The molecule has 0 unspecified atom stereocenters. The van der Waals surface area contributed by atoms with E-state index in [2.05, 4.69) is 28.8 Å². The fraction of sp³-hybridized carbons (Fsp3) is 0.0455. The predicted octanol–water partition coefficient (Wildman–Crippen LogP) is 6.06. The van der Waals surface area contributed by atoms with Crippen LogP contribution < -0.4 is 0 Å². The van der Waals surface area contributed by atoms with Gasteiger partial charge in [0, 0.05) is 22.8 Å². The first-order valence-electron chi connectivity index (χ1n) is 8.31. The van der Waals surface area contributed by atoms with Crippen LogP contribution in [0, 0.1) is 5.82 Å². The zero-order valence-electron chi connectivity index (χ0n) is 13.9. The van der Waals surface area contributed by atoms with Crippen molar-refractivity contribution in [1.29, 1.82) is 0 Å². The molecule has 0 aromatic heterocycles. The van der Waals surface area contributed by atoms with Crippen LogP contribution in [0.4, 0.5) is 4.39 Å². The smallest absolute Gasteiger partial charge is 0.123 e. The van der Waals surface area contributed by atoms with Crippen molar-refractivity contribution in [3.8, 4) is 11.4 Å². The Morgan fingerprint density at radius 3 is 2.42 bits per heavy atom. The van der Waals surface area contributed by atoms with E-state index in [1.165, 1.54) is 12.1 Å². The highest BCUT2D eigenvalue weighted by atomic mass is 79.9. The summed E-state index contributed by atoms with van der Waals surface area (Å²) in [6, 6.07) is 25.4. The molecule has 0 bridgehead atoms. The van der Waals surface area contributed by atoms with Crippen molar-refractivity contribution in [3.05, 3.63) is 90.2 Å². The summed E-state index contributed by atoms with van der Waals surface area (Å²) in [4.78, 5) is 4.80. The van der Waals surface area contributed by atoms with Gasteiger partial charge in [-0.25, -0.2) is 9.37 Å². The highest BCUT2D eigenvalue weighted by Crippen LogP contribution is 2.35. The summed E-state index contributed by atoms with van der Waals surface area (Å²) in [7, 11) is 0. The van der Waals surface area contributed by atoms with Gasteiger partial charge in [0.25, 0.3) is 0 Å². The third kappa shape index (κ3) is 2.67. The molecule has 3 aromatic rings. The van der Waals surface area contributed by atoms with Gasteiger partial charge in [-0.1, -0.05) is 48.5 Å². The Morgan fingerprint density at radius 1 is 0.846 bits per heavy atom. The van der Waals surface area contributed by atoms with Gasteiger partial charge >= 0.3 is 0 Å². The van der Waals surface area contributed by atoms with Crippen molar-refractivity contribution >= 4 is 38.8 Å². The molecule has 26 heavy (non-hydrogen) atoms. The number of aromatic nitrogens is 2. The monoisotopic (exact) mass is 406 g/mol. The van der Waals surface area contributed by atoms with Crippen LogP contribution >= 0.6 is 17.0 Å². The minimum atomic E-state index is -0.211. The van der Waals surface area contributed by atoms with Gasteiger partial charge < -0.3 is 4.57 Å². The number of hydrogen-bond donors (Lipinski definition) is 0. The average Bonchev–Trinajstić information content (AvgIpc) is 3.01. The van der Waals surface area contributed by atoms with Crippen LogP contribution in [-0.4, -0.2) is 9.55 Å². The van der Waals surface area contributed by atoms with Crippen molar-refractivity contribution in [2.24, 2.45) is 0 Å². The molecule has 2 nitrogen and oxygen atoms in total. The molecule has 2 aliphatic rings. The van der Waals surface area contributed by atoms with Gasteiger partial charge in [-0.15, -0.1) is 17.0 Å². The fourth-order valence-corrected chi connectivity index (χ4v) is 3.54. The van der Waals surface area contributed by atoms with Gasteiger partial charge in [0.05, 0.1) is 16.9 Å². The lowest BCUT2D eigenvalue weighted by Gasteiger charge is -2.17. The molecule has 0 saturated heterocycles.